The molecule has 9 nitrogen and oxygen atoms in total. The molecular weight excluding hydrogens is 376 g/mol. The molecule has 0 aliphatic rings. The first-order valence-corrected chi connectivity index (χ1v) is 9.09. The molecular formula is C20H20N4O5. The molecule has 0 aliphatic carbocycles. The molecule has 9 heteroatoms. The number of nitrogens with zero attached hydrogens (tertiary/aromatic N) is 3. The zero-order valence-corrected chi connectivity index (χ0v) is 16.0. The number of aromatic nitrogens is 3. The van der Waals surface area contributed by atoms with Crippen molar-refractivity contribution in [3.8, 4) is 11.3 Å². The molecule has 0 unspecified atom stereocenters. The molecule has 2 aromatic heterocycles. The molecule has 0 fully saturated rings. The molecule has 3 rings (SSSR count). The Morgan fingerprint density at radius 3 is 2.31 bits per heavy atom. The number of ether oxygens (including phenoxy) is 2. The normalized spacial score (nSPS) is 10.7. The minimum atomic E-state index is -1.57. The quantitative estimate of drug-likeness (QED) is 0.477. The summed E-state index contributed by atoms with van der Waals surface area (Å²) in [6.45, 7) is 3.32. The van der Waals surface area contributed by atoms with Crippen LogP contribution < -0.4 is 5.32 Å². The summed E-state index contributed by atoms with van der Waals surface area (Å²) in [5, 5.41) is 6.61. The summed E-state index contributed by atoms with van der Waals surface area (Å²) in [7, 11) is 0. The average molecular weight is 396 g/mol. The number of benzene rings is 1. The van der Waals surface area contributed by atoms with Crippen molar-refractivity contribution in [2.24, 2.45) is 0 Å². The van der Waals surface area contributed by atoms with Gasteiger partial charge in [-0.1, -0.05) is 30.3 Å². The number of nitrogens with one attached hydrogen (secondary N) is 1. The highest BCUT2D eigenvalue weighted by Crippen LogP contribution is 2.20. The maximum Gasteiger partial charge on any atom is 0.340 e. The molecule has 1 aromatic carbocycles. The van der Waals surface area contributed by atoms with Gasteiger partial charge >= 0.3 is 11.9 Å². The third-order valence-corrected chi connectivity index (χ3v) is 4.04. The van der Waals surface area contributed by atoms with E-state index in [1.807, 2.05) is 30.3 Å². The van der Waals surface area contributed by atoms with Gasteiger partial charge in [0.2, 0.25) is 6.04 Å². The van der Waals surface area contributed by atoms with Crippen LogP contribution in [0.4, 0.5) is 0 Å². The lowest BCUT2D eigenvalue weighted by Gasteiger charge is -2.15. The zero-order chi connectivity index (χ0) is 20.8. The van der Waals surface area contributed by atoms with E-state index in [2.05, 4.69) is 15.4 Å². The smallest absolute Gasteiger partial charge is 0.340 e. The minimum absolute atomic E-state index is 0.0588. The molecule has 1 amide bonds. The van der Waals surface area contributed by atoms with Crippen LogP contribution in [0.15, 0.2) is 48.8 Å². The molecule has 2 heterocycles. The van der Waals surface area contributed by atoms with Gasteiger partial charge in [0.15, 0.2) is 5.65 Å². The molecule has 3 aromatic rings. The maximum absolute atomic E-state index is 12.8. The predicted molar refractivity (Wildman–Crippen MR) is 103 cm³/mol. The van der Waals surface area contributed by atoms with E-state index in [4.69, 9.17) is 9.47 Å². The highest BCUT2D eigenvalue weighted by molar-refractivity contribution is 6.07. The van der Waals surface area contributed by atoms with E-state index in [1.165, 1.54) is 10.7 Å². The lowest BCUT2D eigenvalue weighted by molar-refractivity contribution is -0.157. The van der Waals surface area contributed by atoms with Crippen LogP contribution in [0.25, 0.3) is 16.9 Å². The van der Waals surface area contributed by atoms with Crippen LogP contribution in [0.5, 0.6) is 0 Å². The van der Waals surface area contributed by atoms with Gasteiger partial charge in [0.25, 0.3) is 5.91 Å². The van der Waals surface area contributed by atoms with Gasteiger partial charge in [-0.25, -0.2) is 19.1 Å². The third-order valence-electron chi connectivity index (χ3n) is 4.04. The van der Waals surface area contributed by atoms with Crippen LogP contribution in [0.2, 0.25) is 0 Å². The number of carbonyl (C=O) groups is 3. The van der Waals surface area contributed by atoms with E-state index in [-0.39, 0.29) is 24.4 Å². The fourth-order valence-corrected chi connectivity index (χ4v) is 2.75. The molecule has 0 aliphatic heterocycles. The van der Waals surface area contributed by atoms with Gasteiger partial charge in [-0.3, -0.25) is 4.79 Å². The first-order valence-electron chi connectivity index (χ1n) is 9.09. The molecule has 0 saturated carbocycles. The fourth-order valence-electron chi connectivity index (χ4n) is 2.75. The van der Waals surface area contributed by atoms with Crippen molar-refractivity contribution in [3.63, 3.8) is 0 Å². The SMILES string of the molecule is CCOC(=O)C(NC(=O)c1cnn2c(-c3ccccc3)ccnc12)C(=O)OCC. The summed E-state index contributed by atoms with van der Waals surface area (Å²) in [6, 6.07) is 9.70. The van der Waals surface area contributed by atoms with Crippen molar-refractivity contribution in [1.29, 1.82) is 0 Å². The summed E-state index contributed by atoms with van der Waals surface area (Å²) in [4.78, 5) is 41.2. The number of hydrogen-bond donors (Lipinski definition) is 1. The minimum Gasteiger partial charge on any atom is -0.464 e. The molecule has 150 valence electrons. The second-order valence-corrected chi connectivity index (χ2v) is 5.90. The molecule has 0 atom stereocenters. The molecule has 0 spiro atoms. The standard InChI is InChI=1S/C20H20N4O5/c1-3-28-19(26)16(20(27)29-4-2)23-18(25)14-12-22-24-15(10-11-21-17(14)24)13-8-6-5-7-9-13/h5-12,16H,3-4H2,1-2H3,(H,23,25). The lowest BCUT2D eigenvalue weighted by atomic mass is 10.1. The van der Waals surface area contributed by atoms with Crippen molar-refractivity contribution in [3.05, 3.63) is 54.4 Å². The maximum atomic E-state index is 12.8. The molecule has 0 radical (unpaired) electrons. The fraction of sp³-hybridized carbons (Fsp3) is 0.250. The Bertz CT molecular complexity index is 1010. The molecule has 0 bridgehead atoms. The van der Waals surface area contributed by atoms with Gasteiger partial charge in [-0.15, -0.1) is 0 Å². The lowest BCUT2D eigenvalue weighted by Crippen LogP contribution is -2.48. The third kappa shape index (κ3) is 4.23. The van der Waals surface area contributed by atoms with Gasteiger partial charge in [0.05, 0.1) is 25.1 Å². The van der Waals surface area contributed by atoms with E-state index >= 15 is 0 Å². The Hall–Kier alpha value is -3.75. The number of carbonyl (C=O) groups excluding carboxylic acids is 3. The number of rotatable bonds is 7. The average Bonchev–Trinajstić information content (AvgIpc) is 3.17. The van der Waals surface area contributed by atoms with E-state index < -0.39 is 23.9 Å². The van der Waals surface area contributed by atoms with Crippen molar-refractivity contribution in [2.45, 2.75) is 19.9 Å². The van der Waals surface area contributed by atoms with Crippen LogP contribution >= 0.6 is 0 Å². The van der Waals surface area contributed by atoms with Crippen molar-refractivity contribution >= 4 is 23.5 Å². The first-order chi connectivity index (χ1) is 14.1. The predicted octanol–water partition coefficient (Wildman–Crippen LogP) is 1.62. The Balaban J connectivity index is 1.92. The monoisotopic (exact) mass is 396 g/mol. The Labute approximate surface area is 166 Å². The van der Waals surface area contributed by atoms with Gasteiger partial charge in [0.1, 0.15) is 5.56 Å². The molecule has 1 N–H and O–H groups in total. The van der Waals surface area contributed by atoms with E-state index in [1.54, 1.807) is 26.1 Å². The highest BCUT2D eigenvalue weighted by Gasteiger charge is 2.32. The van der Waals surface area contributed by atoms with Crippen LogP contribution in [-0.4, -0.2) is 51.7 Å². The van der Waals surface area contributed by atoms with Crippen molar-refractivity contribution < 1.29 is 23.9 Å². The van der Waals surface area contributed by atoms with Gasteiger partial charge in [-0.2, -0.15) is 5.10 Å². The Morgan fingerprint density at radius 2 is 1.69 bits per heavy atom. The Kier molecular flexibility index (Phi) is 6.18. The van der Waals surface area contributed by atoms with E-state index in [9.17, 15) is 14.4 Å². The summed E-state index contributed by atoms with van der Waals surface area (Å²) in [5.74, 6) is -2.48. The number of esters is 2. The second kappa shape index (κ2) is 8.96. The number of fused-ring (bicyclic) bond motifs is 1. The van der Waals surface area contributed by atoms with E-state index in [0.717, 1.165) is 11.3 Å². The summed E-state index contributed by atoms with van der Waals surface area (Å²) in [6.07, 6.45) is 2.89. The van der Waals surface area contributed by atoms with E-state index in [0.29, 0.717) is 0 Å². The van der Waals surface area contributed by atoms with Crippen LogP contribution in [0.3, 0.4) is 0 Å². The largest absolute Gasteiger partial charge is 0.464 e. The summed E-state index contributed by atoms with van der Waals surface area (Å²) >= 11 is 0. The van der Waals surface area contributed by atoms with Gasteiger partial charge in [-0.05, 0) is 19.9 Å². The van der Waals surface area contributed by atoms with Crippen LogP contribution in [0, 0.1) is 0 Å². The highest BCUT2D eigenvalue weighted by atomic mass is 16.6. The van der Waals surface area contributed by atoms with Crippen LogP contribution in [-0.2, 0) is 19.1 Å². The number of hydrogen-bond acceptors (Lipinski definition) is 7. The van der Waals surface area contributed by atoms with Crippen LogP contribution in [0.1, 0.15) is 24.2 Å². The Morgan fingerprint density at radius 1 is 1.03 bits per heavy atom. The summed E-state index contributed by atoms with van der Waals surface area (Å²) < 4.78 is 11.2. The zero-order valence-electron chi connectivity index (χ0n) is 16.0. The second-order valence-electron chi connectivity index (χ2n) is 5.90. The first kappa shape index (κ1) is 20.0. The molecule has 29 heavy (non-hydrogen) atoms. The summed E-state index contributed by atoms with van der Waals surface area (Å²) in [5.41, 5.74) is 2.03. The van der Waals surface area contributed by atoms with Gasteiger partial charge in [0, 0.05) is 11.8 Å². The van der Waals surface area contributed by atoms with Crippen molar-refractivity contribution in [2.75, 3.05) is 13.2 Å². The van der Waals surface area contributed by atoms with Gasteiger partial charge < -0.3 is 14.8 Å². The number of amides is 1. The topological polar surface area (TPSA) is 112 Å². The van der Waals surface area contributed by atoms with Crippen molar-refractivity contribution in [1.82, 2.24) is 19.9 Å². The molecule has 0 saturated heterocycles.